The molecule has 4 nitrogen and oxygen atoms in total. The predicted molar refractivity (Wildman–Crippen MR) is 102 cm³/mol. The molecule has 0 aliphatic rings. The summed E-state index contributed by atoms with van der Waals surface area (Å²) in [6, 6.07) is 18.3. The van der Waals surface area contributed by atoms with Gasteiger partial charge in [0.15, 0.2) is 0 Å². The quantitative estimate of drug-likeness (QED) is 0.554. The fourth-order valence-electron chi connectivity index (χ4n) is 2.48. The Morgan fingerprint density at radius 2 is 1.83 bits per heavy atom. The summed E-state index contributed by atoms with van der Waals surface area (Å²) in [5, 5.41) is 4.30. The minimum atomic E-state index is 0.655. The van der Waals surface area contributed by atoms with Crippen LogP contribution in [0.3, 0.4) is 0 Å². The minimum absolute atomic E-state index is 0.655. The normalized spacial score (nSPS) is 10.9. The lowest BCUT2D eigenvalue weighted by Gasteiger charge is -2.06. The van der Waals surface area contributed by atoms with E-state index in [9.17, 15) is 0 Å². The summed E-state index contributed by atoms with van der Waals surface area (Å²) in [5.74, 6) is 0.771. The van der Waals surface area contributed by atoms with E-state index >= 15 is 0 Å². The van der Waals surface area contributed by atoms with Crippen molar-refractivity contribution in [2.45, 2.75) is 6.92 Å². The Hall–Kier alpha value is -2.92. The number of rotatable bonds is 3. The van der Waals surface area contributed by atoms with Gasteiger partial charge in [-0.2, -0.15) is 0 Å². The molecule has 0 saturated heterocycles. The molecule has 5 heteroatoms. The summed E-state index contributed by atoms with van der Waals surface area (Å²) in [5.41, 5.74) is 10.7. The van der Waals surface area contributed by atoms with Gasteiger partial charge >= 0.3 is 0 Å². The molecule has 0 bridgehead atoms. The van der Waals surface area contributed by atoms with Crippen molar-refractivity contribution >= 4 is 38.7 Å². The molecular formula is C19H16N4S. The summed E-state index contributed by atoms with van der Waals surface area (Å²) in [4.78, 5) is 8.96. The van der Waals surface area contributed by atoms with Crippen LogP contribution in [0.1, 0.15) is 5.56 Å². The number of benzene rings is 2. The smallest absolute Gasteiger partial charge is 0.130 e. The van der Waals surface area contributed by atoms with Gasteiger partial charge in [0.1, 0.15) is 10.8 Å². The van der Waals surface area contributed by atoms with Crippen molar-refractivity contribution in [3.8, 4) is 10.6 Å². The number of nitrogens with zero attached hydrogens (tertiary/aromatic N) is 2. The van der Waals surface area contributed by atoms with Crippen molar-refractivity contribution in [1.29, 1.82) is 0 Å². The number of nitrogens with one attached hydrogen (secondary N) is 1. The van der Waals surface area contributed by atoms with E-state index in [0.29, 0.717) is 5.69 Å². The third kappa shape index (κ3) is 2.94. The van der Waals surface area contributed by atoms with E-state index in [1.54, 1.807) is 17.5 Å². The van der Waals surface area contributed by atoms with Gasteiger partial charge in [0, 0.05) is 11.3 Å². The van der Waals surface area contributed by atoms with E-state index in [1.807, 2.05) is 24.3 Å². The van der Waals surface area contributed by atoms with E-state index in [0.717, 1.165) is 27.6 Å². The average Bonchev–Trinajstić information content (AvgIpc) is 3.01. The zero-order valence-electron chi connectivity index (χ0n) is 13.2. The van der Waals surface area contributed by atoms with Gasteiger partial charge in [0.25, 0.3) is 0 Å². The SMILES string of the molecule is Cc1ccc2nc(-c3ccc(Nc4ccc(N)cn4)cc3)sc2c1. The Kier molecular flexibility index (Phi) is 3.63. The molecule has 0 spiro atoms. The largest absolute Gasteiger partial charge is 0.397 e. The number of anilines is 3. The summed E-state index contributed by atoms with van der Waals surface area (Å²) in [6.45, 7) is 2.10. The molecule has 2 heterocycles. The van der Waals surface area contributed by atoms with Gasteiger partial charge in [-0.3, -0.25) is 0 Å². The molecule has 3 N–H and O–H groups in total. The summed E-state index contributed by atoms with van der Waals surface area (Å²) in [6.07, 6.45) is 1.64. The highest BCUT2D eigenvalue weighted by Crippen LogP contribution is 2.31. The van der Waals surface area contributed by atoms with Gasteiger partial charge < -0.3 is 11.1 Å². The zero-order chi connectivity index (χ0) is 16.5. The van der Waals surface area contributed by atoms with Gasteiger partial charge in [-0.15, -0.1) is 11.3 Å². The zero-order valence-corrected chi connectivity index (χ0v) is 14.0. The molecule has 118 valence electrons. The number of aromatic nitrogens is 2. The molecular weight excluding hydrogens is 316 g/mol. The fourth-order valence-corrected chi connectivity index (χ4v) is 3.55. The van der Waals surface area contributed by atoms with Crippen molar-refractivity contribution < 1.29 is 0 Å². The highest BCUT2D eigenvalue weighted by Gasteiger charge is 2.06. The Morgan fingerprint density at radius 1 is 1.00 bits per heavy atom. The highest BCUT2D eigenvalue weighted by molar-refractivity contribution is 7.21. The lowest BCUT2D eigenvalue weighted by molar-refractivity contribution is 1.31. The standard InChI is InChI=1S/C19H16N4S/c1-12-2-8-16-17(10-12)24-19(23-16)13-3-6-15(7-4-13)22-18-9-5-14(20)11-21-18/h2-11H,20H2,1H3,(H,21,22). The third-order valence-electron chi connectivity index (χ3n) is 3.73. The van der Waals surface area contributed by atoms with Crippen LogP contribution < -0.4 is 11.1 Å². The summed E-state index contributed by atoms with van der Waals surface area (Å²) >= 11 is 1.72. The summed E-state index contributed by atoms with van der Waals surface area (Å²) < 4.78 is 1.22. The van der Waals surface area contributed by atoms with Crippen molar-refractivity contribution in [2.75, 3.05) is 11.1 Å². The first kappa shape index (κ1) is 14.7. The number of aryl methyl sites for hydroxylation is 1. The van der Waals surface area contributed by atoms with Crippen LogP contribution >= 0.6 is 11.3 Å². The first-order chi connectivity index (χ1) is 11.7. The molecule has 4 aromatic rings. The number of nitrogens with two attached hydrogens (primary N) is 1. The van der Waals surface area contributed by atoms with Crippen molar-refractivity contribution in [3.05, 3.63) is 66.4 Å². The first-order valence-corrected chi connectivity index (χ1v) is 8.45. The number of nitrogen functional groups attached to an aromatic ring is 1. The first-order valence-electron chi connectivity index (χ1n) is 7.63. The van der Waals surface area contributed by atoms with Gasteiger partial charge in [0.2, 0.25) is 0 Å². The monoisotopic (exact) mass is 332 g/mol. The second kappa shape index (κ2) is 5.94. The second-order valence-electron chi connectivity index (χ2n) is 5.67. The second-order valence-corrected chi connectivity index (χ2v) is 6.70. The predicted octanol–water partition coefficient (Wildman–Crippen LogP) is 4.99. The molecule has 0 aliphatic heterocycles. The number of fused-ring (bicyclic) bond motifs is 1. The van der Waals surface area contributed by atoms with Crippen LogP contribution in [0.5, 0.6) is 0 Å². The maximum Gasteiger partial charge on any atom is 0.130 e. The van der Waals surface area contributed by atoms with Crippen molar-refractivity contribution in [2.24, 2.45) is 0 Å². The molecule has 2 aromatic carbocycles. The molecule has 0 unspecified atom stereocenters. The van der Waals surface area contributed by atoms with Crippen molar-refractivity contribution in [1.82, 2.24) is 9.97 Å². The van der Waals surface area contributed by atoms with E-state index in [1.165, 1.54) is 10.3 Å². The Balaban J connectivity index is 1.59. The van der Waals surface area contributed by atoms with Gasteiger partial charge in [0.05, 0.1) is 22.1 Å². The Bertz CT molecular complexity index is 988. The van der Waals surface area contributed by atoms with E-state index in [-0.39, 0.29) is 0 Å². The number of hydrogen-bond acceptors (Lipinski definition) is 5. The van der Waals surface area contributed by atoms with E-state index < -0.39 is 0 Å². The molecule has 0 radical (unpaired) electrons. The third-order valence-corrected chi connectivity index (χ3v) is 4.80. The van der Waals surface area contributed by atoms with Gasteiger partial charge in [-0.25, -0.2) is 9.97 Å². The topological polar surface area (TPSA) is 63.8 Å². The van der Waals surface area contributed by atoms with E-state index in [4.69, 9.17) is 10.7 Å². The van der Waals surface area contributed by atoms with Gasteiger partial charge in [-0.1, -0.05) is 6.07 Å². The minimum Gasteiger partial charge on any atom is -0.397 e. The number of thiazole rings is 1. The van der Waals surface area contributed by atoms with Crippen LogP contribution in [-0.2, 0) is 0 Å². The molecule has 0 aliphatic carbocycles. The van der Waals surface area contributed by atoms with Crippen LogP contribution in [0.15, 0.2) is 60.8 Å². The maximum absolute atomic E-state index is 5.65. The number of hydrogen-bond donors (Lipinski definition) is 2. The molecule has 24 heavy (non-hydrogen) atoms. The van der Waals surface area contributed by atoms with Gasteiger partial charge in [-0.05, 0) is 61.0 Å². The maximum atomic E-state index is 5.65. The highest BCUT2D eigenvalue weighted by atomic mass is 32.1. The molecule has 0 amide bonds. The molecule has 4 rings (SSSR count). The lowest BCUT2D eigenvalue weighted by Crippen LogP contribution is -1.94. The van der Waals surface area contributed by atoms with Crippen LogP contribution in [0.25, 0.3) is 20.8 Å². The Labute approximate surface area is 144 Å². The molecule has 0 fully saturated rings. The molecule has 0 atom stereocenters. The summed E-state index contributed by atoms with van der Waals surface area (Å²) in [7, 11) is 0. The van der Waals surface area contributed by atoms with Crippen LogP contribution in [0.4, 0.5) is 17.2 Å². The Morgan fingerprint density at radius 3 is 2.58 bits per heavy atom. The number of pyridine rings is 1. The average molecular weight is 332 g/mol. The molecule has 0 saturated carbocycles. The van der Waals surface area contributed by atoms with Crippen molar-refractivity contribution in [3.63, 3.8) is 0 Å². The lowest BCUT2D eigenvalue weighted by atomic mass is 10.2. The fraction of sp³-hybridized carbons (Fsp3) is 0.0526. The molecule has 2 aromatic heterocycles. The van der Waals surface area contributed by atoms with Crippen LogP contribution in [0.2, 0.25) is 0 Å². The van der Waals surface area contributed by atoms with E-state index in [2.05, 4.69) is 47.6 Å². The van der Waals surface area contributed by atoms with Crippen LogP contribution in [0, 0.1) is 6.92 Å². The van der Waals surface area contributed by atoms with Crippen LogP contribution in [-0.4, -0.2) is 9.97 Å².